The molecular formula is C11H22N4. The molecule has 15 heavy (non-hydrogen) atoms. The molecule has 0 bridgehead atoms. The standard InChI is InChI=1S/C11H22N4/c1-2-3-8-15(10-6-7-10)11(14-12)13-9-4-5-9/h9-10H,2-8,12H2,1H3,(H,13,14). The number of unbranched alkanes of at least 4 members (excludes halogenated alkanes) is 1. The fourth-order valence-electron chi connectivity index (χ4n) is 1.75. The maximum absolute atomic E-state index is 5.56. The van der Waals surface area contributed by atoms with Crippen molar-refractivity contribution in [2.45, 2.75) is 57.5 Å². The summed E-state index contributed by atoms with van der Waals surface area (Å²) in [7, 11) is 0. The Bertz CT molecular complexity index is 231. The average molecular weight is 210 g/mol. The van der Waals surface area contributed by atoms with Gasteiger partial charge >= 0.3 is 0 Å². The molecule has 2 fully saturated rings. The van der Waals surface area contributed by atoms with Gasteiger partial charge in [0, 0.05) is 12.6 Å². The minimum atomic E-state index is 0.541. The quantitative estimate of drug-likeness (QED) is 0.310. The van der Waals surface area contributed by atoms with Gasteiger partial charge in [0.05, 0.1) is 6.04 Å². The van der Waals surface area contributed by atoms with Crippen LogP contribution in [0.1, 0.15) is 45.4 Å². The van der Waals surface area contributed by atoms with Gasteiger partial charge in [-0.3, -0.25) is 5.43 Å². The van der Waals surface area contributed by atoms with Crippen LogP contribution < -0.4 is 11.3 Å². The summed E-state index contributed by atoms with van der Waals surface area (Å²) in [5.41, 5.74) is 2.78. The van der Waals surface area contributed by atoms with Gasteiger partial charge < -0.3 is 4.90 Å². The van der Waals surface area contributed by atoms with Crippen molar-refractivity contribution >= 4 is 5.96 Å². The summed E-state index contributed by atoms with van der Waals surface area (Å²) in [4.78, 5) is 6.99. The van der Waals surface area contributed by atoms with Gasteiger partial charge in [-0.1, -0.05) is 13.3 Å². The Balaban J connectivity index is 1.93. The zero-order valence-electron chi connectivity index (χ0n) is 9.58. The summed E-state index contributed by atoms with van der Waals surface area (Å²) in [5.74, 6) is 6.49. The Morgan fingerprint density at radius 1 is 1.40 bits per heavy atom. The van der Waals surface area contributed by atoms with E-state index in [0.717, 1.165) is 12.5 Å². The van der Waals surface area contributed by atoms with Crippen LogP contribution in [-0.2, 0) is 0 Å². The number of nitrogens with two attached hydrogens (primary N) is 1. The summed E-state index contributed by atoms with van der Waals surface area (Å²) >= 11 is 0. The molecule has 0 saturated heterocycles. The molecule has 86 valence electrons. The van der Waals surface area contributed by atoms with Crippen LogP contribution in [0.4, 0.5) is 0 Å². The van der Waals surface area contributed by atoms with Crippen LogP contribution in [-0.4, -0.2) is 29.5 Å². The van der Waals surface area contributed by atoms with Crippen LogP contribution in [0.5, 0.6) is 0 Å². The Hall–Kier alpha value is -0.770. The molecule has 0 aliphatic heterocycles. The molecule has 2 aliphatic rings. The van der Waals surface area contributed by atoms with E-state index in [1.807, 2.05) is 0 Å². The second-order valence-corrected chi connectivity index (χ2v) is 4.61. The smallest absolute Gasteiger partial charge is 0.208 e. The lowest BCUT2D eigenvalue weighted by Crippen LogP contribution is -2.46. The molecule has 4 heteroatoms. The number of nitrogens with one attached hydrogen (secondary N) is 1. The monoisotopic (exact) mass is 210 g/mol. The van der Waals surface area contributed by atoms with E-state index in [4.69, 9.17) is 5.84 Å². The second-order valence-electron chi connectivity index (χ2n) is 4.61. The average Bonchev–Trinajstić information content (AvgIpc) is 3.10. The van der Waals surface area contributed by atoms with Crippen molar-refractivity contribution in [3.63, 3.8) is 0 Å². The SMILES string of the molecule is CCCCN(C(=NC1CC1)NN)C1CC1. The molecule has 0 amide bonds. The van der Waals surface area contributed by atoms with Gasteiger partial charge in [0.15, 0.2) is 0 Å². The Morgan fingerprint density at radius 3 is 2.60 bits per heavy atom. The Labute approximate surface area is 91.9 Å². The van der Waals surface area contributed by atoms with Gasteiger partial charge in [0.25, 0.3) is 0 Å². The molecule has 4 nitrogen and oxygen atoms in total. The van der Waals surface area contributed by atoms with E-state index in [1.165, 1.54) is 38.5 Å². The molecule has 2 rings (SSSR count). The number of hydrogen-bond acceptors (Lipinski definition) is 2. The molecule has 0 aromatic heterocycles. The largest absolute Gasteiger partial charge is 0.339 e. The molecule has 0 spiro atoms. The summed E-state index contributed by atoms with van der Waals surface area (Å²) < 4.78 is 0. The molecule has 0 unspecified atom stereocenters. The van der Waals surface area contributed by atoms with Crippen molar-refractivity contribution in [2.24, 2.45) is 10.8 Å². The highest BCUT2D eigenvalue weighted by molar-refractivity contribution is 5.80. The minimum Gasteiger partial charge on any atom is -0.339 e. The minimum absolute atomic E-state index is 0.541. The van der Waals surface area contributed by atoms with Gasteiger partial charge in [-0.15, -0.1) is 0 Å². The van der Waals surface area contributed by atoms with Crippen LogP contribution in [0.2, 0.25) is 0 Å². The molecule has 0 atom stereocenters. The van der Waals surface area contributed by atoms with Crippen molar-refractivity contribution in [2.75, 3.05) is 6.54 Å². The fraction of sp³-hybridized carbons (Fsp3) is 0.909. The van der Waals surface area contributed by atoms with Crippen molar-refractivity contribution in [3.05, 3.63) is 0 Å². The molecule has 0 aromatic carbocycles. The van der Waals surface area contributed by atoms with Crippen molar-refractivity contribution in [1.29, 1.82) is 0 Å². The lowest BCUT2D eigenvalue weighted by atomic mass is 10.3. The van der Waals surface area contributed by atoms with E-state index >= 15 is 0 Å². The molecule has 0 aromatic rings. The lowest BCUT2D eigenvalue weighted by molar-refractivity contribution is 0.383. The molecule has 3 N–H and O–H groups in total. The van der Waals surface area contributed by atoms with E-state index in [9.17, 15) is 0 Å². The highest BCUT2D eigenvalue weighted by Crippen LogP contribution is 2.29. The predicted molar refractivity (Wildman–Crippen MR) is 62.4 cm³/mol. The lowest BCUT2D eigenvalue weighted by Gasteiger charge is -2.25. The Morgan fingerprint density at radius 2 is 2.13 bits per heavy atom. The van der Waals surface area contributed by atoms with Crippen molar-refractivity contribution < 1.29 is 0 Å². The third-order valence-corrected chi connectivity index (χ3v) is 2.99. The maximum atomic E-state index is 5.56. The number of guanidine groups is 1. The van der Waals surface area contributed by atoms with Crippen LogP contribution >= 0.6 is 0 Å². The highest BCUT2D eigenvalue weighted by atomic mass is 15.4. The van der Waals surface area contributed by atoms with Crippen LogP contribution in [0.25, 0.3) is 0 Å². The number of aliphatic imine (C=N–C) groups is 1. The summed E-state index contributed by atoms with van der Waals surface area (Å²) in [6.45, 7) is 3.32. The first kappa shape index (κ1) is 10.7. The van der Waals surface area contributed by atoms with Crippen molar-refractivity contribution in [3.8, 4) is 0 Å². The molecule has 0 radical (unpaired) electrons. The molecule has 2 saturated carbocycles. The third-order valence-electron chi connectivity index (χ3n) is 2.99. The number of hydrogen-bond donors (Lipinski definition) is 2. The second kappa shape index (κ2) is 4.84. The first-order chi connectivity index (χ1) is 7.35. The van der Waals surface area contributed by atoms with Gasteiger partial charge in [-0.25, -0.2) is 10.8 Å². The summed E-state index contributed by atoms with van der Waals surface area (Å²) in [6.07, 6.45) is 7.52. The topological polar surface area (TPSA) is 53.6 Å². The van der Waals surface area contributed by atoms with Gasteiger partial charge in [-0.2, -0.15) is 0 Å². The third kappa shape index (κ3) is 3.09. The molecule has 0 heterocycles. The van der Waals surface area contributed by atoms with E-state index in [2.05, 4.69) is 22.2 Å². The van der Waals surface area contributed by atoms with Crippen molar-refractivity contribution in [1.82, 2.24) is 10.3 Å². The van der Waals surface area contributed by atoms with Crippen LogP contribution in [0.3, 0.4) is 0 Å². The van der Waals surface area contributed by atoms with Gasteiger partial charge in [0.1, 0.15) is 0 Å². The summed E-state index contributed by atoms with van der Waals surface area (Å²) in [5, 5.41) is 0. The fourth-order valence-corrected chi connectivity index (χ4v) is 1.75. The first-order valence-corrected chi connectivity index (χ1v) is 6.16. The normalized spacial score (nSPS) is 21.6. The number of nitrogens with zero attached hydrogens (tertiary/aromatic N) is 2. The van der Waals surface area contributed by atoms with E-state index < -0.39 is 0 Å². The highest BCUT2D eigenvalue weighted by Gasteiger charge is 2.32. The van der Waals surface area contributed by atoms with Gasteiger partial charge in [-0.05, 0) is 32.1 Å². The predicted octanol–water partition coefficient (Wildman–Crippen LogP) is 1.23. The maximum Gasteiger partial charge on any atom is 0.208 e. The van der Waals surface area contributed by atoms with Crippen LogP contribution in [0, 0.1) is 0 Å². The number of rotatable bonds is 5. The molecule has 2 aliphatic carbocycles. The van der Waals surface area contributed by atoms with Crippen LogP contribution in [0.15, 0.2) is 4.99 Å². The van der Waals surface area contributed by atoms with E-state index in [-0.39, 0.29) is 0 Å². The zero-order chi connectivity index (χ0) is 10.7. The Kier molecular flexibility index (Phi) is 3.46. The van der Waals surface area contributed by atoms with Gasteiger partial charge in [0.2, 0.25) is 5.96 Å². The number of hydrazine groups is 1. The summed E-state index contributed by atoms with van der Waals surface area (Å²) in [6, 6.07) is 1.24. The van der Waals surface area contributed by atoms with E-state index in [0.29, 0.717) is 12.1 Å². The molecular weight excluding hydrogens is 188 g/mol. The first-order valence-electron chi connectivity index (χ1n) is 6.16. The van der Waals surface area contributed by atoms with E-state index in [1.54, 1.807) is 0 Å². The zero-order valence-corrected chi connectivity index (χ0v) is 9.58.